The van der Waals surface area contributed by atoms with Crippen LogP contribution in [0, 0.1) is 17.8 Å². The fourth-order valence-electron chi connectivity index (χ4n) is 2.15. The van der Waals surface area contributed by atoms with Crippen LogP contribution in [0.3, 0.4) is 0 Å². The molecule has 0 amide bonds. The molecule has 0 atom stereocenters. The molecule has 102 valence electrons. The molecular weight excluding hydrogens is 238 g/mol. The summed E-state index contributed by atoms with van der Waals surface area (Å²) in [6, 6.07) is 8.13. The van der Waals surface area contributed by atoms with Crippen LogP contribution < -0.4 is 5.73 Å². The van der Waals surface area contributed by atoms with E-state index in [0.717, 1.165) is 43.8 Å². The second-order valence-corrected chi connectivity index (χ2v) is 4.78. The lowest BCUT2D eigenvalue weighted by Gasteiger charge is -2.21. The highest BCUT2D eigenvalue weighted by Gasteiger charge is 2.13. The molecular formula is C16H21NO2. The summed E-state index contributed by atoms with van der Waals surface area (Å²) in [5, 5.41) is 0. The Kier molecular flexibility index (Phi) is 5.90. The van der Waals surface area contributed by atoms with E-state index in [2.05, 4.69) is 24.0 Å². The van der Waals surface area contributed by atoms with Gasteiger partial charge in [-0.15, -0.1) is 0 Å². The zero-order valence-corrected chi connectivity index (χ0v) is 11.2. The van der Waals surface area contributed by atoms with Crippen molar-refractivity contribution < 1.29 is 9.47 Å². The van der Waals surface area contributed by atoms with Crippen molar-refractivity contribution in [2.45, 2.75) is 19.4 Å². The molecule has 0 bridgehead atoms. The maximum atomic E-state index is 5.79. The van der Waals surface area contributed by atoms with E-state index in [1.54, 1.807) is 0 Å². The first-order chi connectivity index (χ1) is 9.38. The molecule has 1 saturated heterocycles. The minimum absolute atomic E-state index is 0.393. The van der Waals surface area contributed by atoms with Crippen LogP contribution in [-0.4, -0.2) is 26.4 Å². The van der Waals surface area contributed by atoms with E-state index in [1.807, 2.05) is 12.1 Å². The summed E-state index contributed by atoms with van der Waals surface area (Å²) >= 11 is 0. The minimum Gasteiger partial charge on any atom is -0.381 e. The van der Waals surface area contributed by atoms with Crippen molar-refractivity contribution >= 4 is 0 Å². The highest BCUT2D eigenvalue weighted by molar-refractivity contribution is 5.37. The average molecular weight is 259 g/mol. The molecule has 0 unspecified atom stereocenters. The molecule has 2 N–H and O–H groups in total. The van der Waals surface area contributed by atoms with E-state index < -0.39 is 0 Å². The van der Waals surface area contributed by atoms with Gasteiger partial charge in [-0.05, 0) is 36.5 Å². The number of ether oxygens (including phenoxy) is 2. The third-order valence-corrected chi connectivity index (χ3v) is 3.22. The maximum absolute atomic E-state index is 5.79. The van der Waals surface area contributed by atoms with Crippen molar-refractivity contribution in [3.8, 4) is 11.8 Å². The molecule has 1 aliphatic heterocycles. The van der Waals surface area contributed by atoms with Crippen LogP contribution >= 0.6 is 0 Å². The molecule has 0 saturated carbocycles. The molecule has 3 nitrogen and oxygen atoms in total. The second kappa shape index (κ2) is 7.96. The minimum atomic E-state index is 0.393. The lowest BCUT2D eigenvalue weighted by atomic mass is 10.0. The Bertz CT molecular complexity index is 442. The fraction of sp³-hybridized carbons (Fsp3) is 0.500. The maximum Gasteiger partial charge on any atom is 0.0717 e. The van der Waals surface area contributed by atoms with Crippen molar-refractivity contribution in [2.24, 2.45) is 11.7 Å². The first-order valence-electron chi connectivity index (χ1n) is 6.82. The van der Waals surface area contributed by atoms with Crippen LogP contribution in [0.25, 0.3) is 0 Å². The van der Waals surface area contributed by atoms with Gasteiger partial charge in [0.25, 0.3) is 0 Å². The fourth-order valence-corrected chi connectivity index (χ4v) is 2.15. The van der Waals surface area contributed by atoms with Crippen LogP contribution in [0.15, 0.2) is 24.3 Å². The Morgan fingerprint density at radius 2 is 2.16 bits per heavy atom. The monoisotopic (exact) mass is 259 g/mol. The summed E-state index contributed by atoms with van der Waals surface area (Å²) < 4.78 is 11.1. The Balaban J connectivity index is 1.78. The first kappa shape index (κ1) is 14.1. The standard InChI is InChI=1S/C16H21NO2/c17-8-2-5-14-3-1-4-16(11-14)13-19-12-15-6-9-18-10-7-15/h1,3-4,11,15H,6-10,12-13,17H2. The molecule has 0 radical (unpaired) electrons. The highest BCUT2D eigenvalue weighted by Crippen LogP contribution is 2.15. The van der Waals surface area contributed by atoms with Crippen molar-refractivity contribution in [1.82, 2.24) is 0 Å². The van der Waals surface area contributed by atoms with E-state index in [9.17, 15) is 0 Å². The molecule has 0 spiro atoms. The van der Waals surface area contributed by atoms with Gasteiger partial charge in [-0.2, -0.15) is 0 Å². The van der Waals surface area contributed by atoms with E-state index in [0.29, 0.717) is 19.1 Å². The molecule has 1 fully saturated rings. The van der Waals surface area contributed by atoms with Crippen molar-refractivity contribution in [1.29, 1.82) is 0 Å². The summed E-state index contributed by atoms with van der Waals surface area (Å²) in [5.74, 6) is 6.55. The first-order valence-corrected chi connectivity index (χ1v) is 6.82. The van der Waals surface area contributed by atoms with E-state index >= 15 is 0 Å². The van der Waals surface area contributed by atoms with Crippen LogP contribution in [-0.2, 0) is 16.1 Å². The van der Waals surface area contributed by atoms with Gasteiger partial charge in [-0.3, -0.25) is 0 Å². The molecule has 3 heteroatoms. The van der Waals surface area contributed by atoms with Gasteiger partial charge in [-0.25, -0.2) is 0 Å². The van der Waals surface area contributed by atoms with Crippen molar-refractivity contribution in [3.63, 3.8) is 0 Å². The molecule has 2 rings (SSSR count). The predicted octanol–water partition coefficient (Wildman–Crippen LogP) is 1.94. The molecule has 19 heavy (non-hydrogen) atoms. The number of hydrogen-bond donors (Lipinski definition) is 1. The van der Waals surface area contributed by atoms with Gasteiger partial charge in [0.15, 0.2) is 0 Å². The summed E-state index contributed by atoms with van der Waals surface area (Å²) in [7, 11) is 0. The predicted molar refractivity (Wildman–Crippen MR) is 75.6 cm³/mol. The van der Waals surface area contributed by atoms with Crippen LogP contribution in [0.5, 0.6) is 0 Å². The number of nitrogens with two attached hydrogens (primary N) is 1. The summed E-state index contributed by atoms with van der Waals surface area (Å²) in [5.41, 5.74) is 7.53. The van der Waals surface area contributed by atoms with E-state index in [1.165, 1.54) is 0 Å². The van der Waals surface area contributed by atoms with Crippen LogP contribution in [0.1, 0.15) is 24.0 Å². The lowest BCUT2D eigenvalue weighted by molar-refractivity contribution is 0.0157. The molecule has 1 aromatic rings. The van der Waals surface area contributed by atoms with Gasteiger partial charge < -0.3 is 15.2 Å². The average Bonchev–Trinajstić information content (AvgIpc) is 2.47. The molecule has 1 heterocycles. The van der Waals surface area contributed by atoms with Gasteiger partial charge >= 0.3 is 0 Å². The Labute approximate surface area is 115 Å². The van der Waals surface area contributed by atoms with E-state index in [4.69, 9.17) is 15.2 Å². The summed E-state index contributed by atoms with van der Waals surface area (Å²) in [4.78, 5) is 0. The topological polar surface area (TPSA) is 44.5 Å². The van der Waals surface area contributed by atoms with Crippen molar-refractivity contribution in [3.05, 3.63) is 35.4 Å². The van der Waals surface area contributed by atoms with Gasteiger partial charge in [0, 0.05) is 18.8 Å². The molecule has 0 aliphatic carbocycles. The Morgan fingerprint density at radius 3 is 2.95 bits per heavy atom. The third-order valence-electron chi connectivity index (χ3n) is 3.22. The largest absolute Gasteiger partial charge is 0.381 e. The Hall–Kier alpha value is -1.34. The number of benzene rings is 1. The number of rotatable bonds is 4. The van der Waals surface area contributed by atoms with Crippen LogP contribution in [0.4, 0.5) is 0 Å². The molecule has 1 aromatic carbocycles. The Morgan fingerprint density at radius 1 is 1.32 bits per heavy atom. The quantitative estimate of drug-likeness (QED) is 0.840. The molecule has 0 aromatic heterocycles. The van der Waals surface area contributed by atoms with Gasteiger partial charge in [0.1, 0.15) is 0 Å². The van der Waals surface area contributed by atoms with Gasteiger partial charge in [0.05, 0.1) is 19.8 Å². The number of hydrogen-bond acceptors (Lipinski definition) is 3. The zero-order valence-electron chi connectivity index (χ0n) is 11.2. The lowest BCUT2D eigenvalue weighted by Crippen LogP contribution is -2.20. The molecule has 1 aliphatic rings. The van der Waals surface area contributed by atoms with Gasteiger partial charge in [0.2, 0.25) is 0 Å². The SMILES string of the molecule is NCC#Cc1cccc(COCC2CCOCC2)c1. The highest BCUT2D eigenvalue weighted by atomic mass is 16.5. The second-order valence-electron chi connectivity index (χ2n) is 4.78. The van der Waals surface area contributed by atoms with Gasteiger partial charge in [-0.1, -0.05) is 24.0 Å². The van der Waals surface area contributed by atoms with Crippen LogP contribution in [0.2, 0.25) is 0 Å². The van der Waals surface area contributed by atoms with E-state index in [-0.39, 0.29) is 0 Å². The normalized spacial score (nSPS) is 15.8. The smallest absolute Gasteiger partial charge is 0.0717 e. The zero-order chi connectivity index (χ0) is 13.3. The van der Waals surface area contributed by atoms with Crippen molar-refractivity contribution in [2.75, 3.05) is 26.4 Å². The summed E-state index contributed by atoms with van der Waals surface area (Å²) in [6.45, 7) is 3.61. The third kappa shape index (κ3) is 5.04. The summed E-state index contributed by atoms with van der Waals surface area (Å²) in [6.07, 6.45) is 2.23.